The van der Waals surface area contributed by atoms with Gasteiger partial charge in [-0.05, 0) is 6.07 Å². The maximum absolute atomic E-state index is 12.2. The van der Waals surface area contributed by atoms with Gasteiger partial charge in [-0.25, -0.2) is 0 Å². The van der Waals surface area contributed by atoms with Gasteiger partial charge < -0.3 is 0 Å². The van der Waals surface area contributed by atoms with E-state index in [1.165, 1.54) is 6.07 Å². The Balaban J connectivity index is 3.13. The van der Waals surface area contributed by atoms with E-state index < -0.39 is 11.7 Å². The third-order valence-electron chi connectivity index (χ3n) is 1.35. The summed E-state index contributed by atoms with van der Waals surface area (Å²) in [6.07, 6.45) is -3.61. The zero-order chi connectivity index (χ0) is 10.1. The minimum atomic E-state index is -4.38. The number of hydrogen-bond acceptors (Lipinski definition) is 1. The molecule has 0 saturated carbocycles. The van der Waals surface area contributed by atoms with Gasteiger partial charge in [-0.2, -0.15) is 13.2 Å². The Labute approximate surface area is 86.0 Å². The standard InChI is InChI=1S/C7H4BrClF3N/c8-6-1-4(2-9)13-3-5(6)7(10,11)12/h1,3H,2H2. The molecule has 0 saturated heterocycles. The van der Waals surface area contributed by atoms with Gasteiger partial charge in [-0.1, -0.05) is 15.9 Å². The molecule has 1 aromatic heterocycles. The van der Waals surface area contributed by atoms with Crippen LogP contribution in [0.2, 0.25) is 0 Å². The maximum atomic E-state index is 12.2. The molecule has 0 aromatic carbocycles. The Morgan fingerprint density at radius 2 is 2.08 bits per heavy atom. The fraction of sp³-hybridized carbons (Fsp3) is 0.286. The first-order valence-electron chi connectivity index (χ1n) is 3.22. The molecule has 0 amide bonds. The fourth-order valence-electron chi connectivity index (χ4n) is 0.752. The molecule has 0 aliphatic rings. The van der Waals surface area contributed by atoms with Crippen LogP contribution in [0.3, 0.4) is 0 Å². The van der Waals surface area contributed by atoms with Gasteiger partial charge >= 0.3 is 6.18 Å². The number of hydrogen-bond donors (Lipinski definition) is 0. The summed E-state index contributed by atoms with van der Waals surface area (Å²) in [4.78, 5) is 3.54. The van der Waals surface area contributed by atoms with E-state index in [-0.39, 0.29) is 10.4 Å². The summed E-state index contributed by atoms with van der Waals surface area (Å²) in [5, 5.41) is 0. The lowest BCUT2D eigenvalue weighted by Crippen LogP contribution is -2.07. The summed E-state index contributed by atoms with van der Waals surface area (Å²) < 4.78 is 36.5. The molecule has 0 unspecified atom stereocenters. The van der Waals surface area contributed by atoms with E-state index in [2.05, 4.69) is 20.9 Å². The quantitative estimate of drug-likeness (QED) is 0.713. The van der Waals surface area contributed by atoms with Gasteiger partial charge in [-0.3, -0.25) is 4.98 Å². The second-order valence-electron chi connectivity index (χ2n) is 2.29. The zero-order valence-corrected chi connectivity index (χ0v) is 8.54. The largest absolute Gasteiger partial charge is 0.418 e. The summed E-state index contributed by atoms with van der Waals surface area (Å²) in [5.74, 6) is 0.0940. The van der Waals surface area contributed by atoms with Gasteiger partial charge in [0, 0.05) is 10.7 Å². The van der Waals surface area contributed by atoms with Gasteiger partial charge in [0.05, 0.1) is 17.1 Å². The van der Waals surface area contributed by atoms with Crippen molar-refractivity contribution in [2.45, 2.75) is 12.1 Å². The highest BCUT2D eigenvalue weighted by molar-refractivity contribution is 9.10. The number of halogens is 5. The van der Waals surface area contributed by atoms with Crippen LogP contribution in [0, 0.1) is 0 Å². The second kappa shape index (κ2) is 3.84. The van der Waals surface area contributed by atoms with Crippen LogP contribution in [0.25, 0.3) is 0 Å². The lowest BCUT2D eigenvalue weighted by molar-refractivity contribution is -0.138. The summed E-state index contributed by atoms with van der Waals surface area (Å²) in [5.41, 5.74) is -0.386. The molecule has 0 aliphatic heterocycles. The molecule has 1 nitrogen and oxygen atoms in total. The van der Waals surface area contributed by atoms with Crippen LogP contribution < -0.4 is 0 Å². The highest BCUT2D eigenvalue weighted by atomic mass is 79.9. The molecule has 0 fully saturated rings. The monoisotopic (exact) mass is 273 g/mol. The van der Waals surface area contributed by atoms with Crippen LogP contribution in [0.15, 0.2) is 16.7 Å². The van der Waals surface area contributed by atoms with Gasteiger partial charge in [-0.15, -0.1) is 11.6 Å². The van der Waals surface area contributed by atoms with Gasteiger partial charge in [0.15, 0.2) is 0 Å². The highest BCUT2D eigenvalue weighted by Gasteiger charge is 2.33. The van der Waals surface area contributed by atoms with Crippen molar-refractivity contribution in [2.75, 3.05) is 0 Å². The van der Waals surface area contributed by atoms with Crippen molar-refractivity contribution in [1.29, 1.82) is 0 Å². The van der Waals surface area contributed by atoms with Crippen LogP contribution in [-0.2, 0) is 12.1 Å². The Bertz CT molecular complexity index is 313. The highest BCUT2D eigenvalue weighted by Crippen LogP contribution is 2.34. The number of alkyl halides is 4. The summed E-state index contributed by atoms with van der Waals surface area (Å²) in [7, 11) is 0. The van der Waals surface area contributed by atoms with Crippen molar-refractivity contribution >= 4 is 27.5 Å². The van der Waals surface area contributed by atoms with Gasteiger partial charge in [0.2, 0.25) is 0 Å². The summed E-state index contributed by atoms with van der Waals surface area (Å²) in [6.45, 7) is 0. The van der Waals surface area contributed by atoms with Gasteiger partial charge in [0.25, 0.3) is 0 Å². The Morgan fingerprint density at radius 3 is 2.46 bits per heavy atom. The lowest BCUT2D eigenvalue weighted by Gasteiger charge is -2.08. The predicted molar refractivity (Wildman–Crippen MR) is 46.5 cm³/mol. The van der Waals surface area contributed by atoms with E-state index in [0.717, 1.165) is 6.20 Å². The Hall–Kier alpha value is -0.290. The van der Waals surface area contributed by atoms with Crippen molar-refractivity contribution in [3.8, 4) is 0 Å². The molecule has 0 bridgehead atoms. The molecular weight excluding hydrogens is 270 g/mol. The summed E-state index contributed by atoms with van der Waals surface area (Å²) in [6, 6.07) is 1.26. The van der Waals surface area contributed by atoms with Crippen LogP contribution >= 0.6 is 27.5 Å². The molecule has 0 aliphatic carbocycles. The maximum Gasteiger partial charge on any atom is 0.418 e. The van der Waals surface area contributed by atoms with Crippen molar-refractivity contribution in [3.63, 3.8) is 0 Å². The minimum Gasteiger partial charge on any atom is -0.259 e. The van der Waals surface area contributed by atoms with Crippen LogP contribution in [-0.4, -0.2) is 4.98 Å². The molecule has 1 heterocycles. The Kier molecular flexibility index (Phi) is 3.18. The van der Waals surface area contributed by atoms with E-state index in [0.29, 0.717) is 5.69 Å². The zero-order valence-electron chi connectivity index (χ0n) is 6.20. The Morgan fingerprint density at radius 1 is 1.46 bits per heavy atom. The first kappa shape index (κ1) is 10.8. The second-order valence-corrected chi connectivity index (χ2v) is 3.41. The summed E-state index contributed by atoms with van der Waals surface area (Å²) >= 11 is 8.21. The van der Waals surface area contributed by atoms with Crippen LogP contribution in [0.4, 0.5) is 13.2 Å². The van der Waals surface area contributed by atoms with Gasteiger partial charge in [0.1, 0.15) is 0 Å². The van der Waals surface area contributed by atoms with Crippen molar-refractivity contribution in [1.82, 2.24) is 4.98 Å². The van der Waals surface area contributed by atoms with Crippen molar-refractivity contribution < 1.29 is 13.2 Å². The van der Waals surface area contributed by atoms with E-state index >= 15 is 0 Å². The normalized spacial score (nSPS) is 11.8. The molecular formula is C7H4BrClF3N. The number of nitrogens with zero attached hydrogens (tertiary/aromatic N) is 1. The molecule has 0 atom stereocenters. The molecule has 0 radical (unpaired) electrons. The molecule has 1 rings (SSSR count). The molecule has 13 heavy (non-hydrogen) atoms. The predicted octanol–water partition coefficient (Wildman–Crippen LogP) is 3.60. The van der Waals surface area contributed by atoms with E-state index in [9.17, 15) is 13.2 Å². The third-order valence-corrected chi connectivity index (χ3v) is 2.28. The van der Waals surface area contributed by atoms with E-state index in [1.807, 2.05) is 0 Å². The topological polar surface area (TPSA) is 12.9 Å². The van der Waals surface area contributed by atoms with Crippen LogP contribution in [0.5, 0.6) is 0 Å². The first-order valence-corrected chi connectivity index (χ1v) is 4.55. The SMILES string of the molecule is FC(F)(F)c1cnc(CCl)cc1Br. The number of rotatable bonds is 1. The first-order chi connectivity index (χ1) is 5.95. The smallest absolute Gasteiger partial charge is 0.259 e. The molecule has 6 heteroatoms. The number of aromatic nitrogens is 1. The average molecular weight is 274 g/mol. The van der Waals surface area contributed by atoms with E-state index in [1.54, 1.807) is 0 Å². The molecule has 0 N–H and O–H groups in total. The lowest BCUT2D eigenvalue weighted by atomic mass is 10.2. The average Bonchev–Trinajstić information content (AvgIpc) is 2.01. The molecule has 72 valence electrons. The molecule has 1 aromatic rings. The van der Waals surface area contributed by atoms with Crippen molar-refractivity contribution in [2.24, 2.45) is 0 Å². The molecule has 0 spiro atoms. The van der Waals surface area contributed by atoms with E-state index in [4.69, 9.17) is 11.6 Å². The number of pyridine rings is 1. The van der Waals surface area contributed by atoms with Crippen molar-refractivity contribution in [3.05, 3.63) is 28.0 Å². The van der Waals surface area contributed by atoms with Crippen LogP contribution in [0.1, 0.15) is 11.3 Å². The third kappa shape index (κ3) is 2.57. The minimum absolute atomic E-state index is 0.0364. The fourth-order valence-corrected chi connectivity index (χ4v) is 1.49.